The van der Waals surface area contributed by atoms with Gasteiger partial charge in [0.1, 0.15) is 11.5 Å². The van der Waals surface area contributed by atoms with E-state index in [1.165, 1.54) is 41.1 Å². The Kier molecular flexibility index (Phi) is 5.78. The van der Waals surface area contributed by atoms with Crippen molar-refractivity contribution in [3.05, 3.63) is 94.6 Å². The van der Waals surface area contributed by atoms with Gasteiger partial charge in [-0.25, -0.2) is 4.79 Å². The number of fused-ring (bicyclic) bond motifs is 2. The van der Waals surface area contributed by atoms with Gasteiger partial charge in [-0.3, -0.25) is 0 Å². The number of carbonyl (C=O) groups is 1. The molecule has 0 N–H and O–H groups in total. The average Bonchev–Trinajstić information content (AvgIpc) is 3.35. The predicted octanol–water partition coefficient (Wildman–Crippen LogP) is 5.14. The van der Waals surface area contributed by atoms with Crippen LogP contribution >= 0.6 is 0 Å². The van der Waals surface area contributed by atoms with Crippen LogP contribution in [0.25, 0.3) is 6.08 Å². The molecule has 0 bridgehead atoms. The molecule has 0 saturated heterocycles. The number of carbonyl (C=O) groups excluding carboxylic acids is 1. The van der Waals surface area contributed by atoms with E-state index >= 15 is 0 Å². The molecule has 3 aromatic rings. The van der Waals surface area contributed by atoms with Crippen LogP contribution in [0, 0.1) is 0 Å². The second kappa shape index (κ2) is 8.90. The third-order valence-electron chi connectivity index (χ3n) is 7.05. The van der Waals surface area contributed by atoms with Crippen molar-refractivity contribution in [3.8, 4) is 11.5 Å². The van der Waals surface area contributed by atoms with Crippen LogP contribution < -0.4 is 14.4 Å². The monoisotopic (exact) mass is 455 g/mol. The lowest BCUT2D eigenvalue weighted by Crippen LogP contribution is -2.49. The Hall–Kier alpha value is -3.73. The van der Waals surface area contributed by atoms with E-state index in [-0.39, 0.29) is 11.5 Å². The SMILES string of the molecule is COC(=O)C=Cc1ccc(C2(C)c3ccc(OC)cc3CCN2c2ccc3c(c2)CCO3)cc1. The summed E-state index contributed by atoms with van der Waals surface area (Å²) >= 11 is 0. The number of nitrogens with zero attached hydrogens (tertiary/aromatic N) is 1. The quantitative estimate of drug-likeness (QED) is 0.394. The van der Waals surface area contributed by atoms with Gasteiger partial charge in [0, 0.05) is 24.7 Å². The molecule has 34 heavy (non-hydrogen) atoms. The standard InChI is InChI=1S/C29H29NO4/c1-29(23-7-4-20(5-8-23)6-13-28(31)33-3)26-11-10-25(32-2)19-21(26)14-16-30(29)24-9-12-27-22(18-24)15-17-34-27/h4-13,18-19H,14-17H2,1-3H3. The first-order valence-electron chi connectivity index (χ1n) is 11.6. The van der Waals surface area contributed by atoms with Crippen molar-refractivity contribution in [3.63, 3.8) is 0 Å². The van der Waals surface area contributed by atoms with Crippen LogP contribution in [0.2, 0.25) is 0 Å². The molecule has 1 atom stereocenters. The largest absolute Gasteiger partial charge is 0.497 e. The number of ether oxygens (including phenoxy) is 3. The van der Waals surface area contributed by atoms with Crippen molar-refractivity contribution < 1.29 is 19.0 Å². The lowest BCUT2D eigenvalue weighted by molar-refractivity contribution is -0.134. The Morgan fingerprint density at radius 2 is 1.82 bits per heavy atom. The van der Waals surface area contributed by atoms with Crippen molar-refractivity contribution >= 4 is 17.7 Å². The molecule has 2 aliphatic heterocycles. The summed E-state index contributed by atoms with van der Waals surface area (Å²) in [6, 6.07) is 21.4. The number of hydrogen-bond donors (Lipinski definition) is 0. The molecular weight excluding hydrogens is 426 g/mol. The number of methoxy groups -OCH3 is 2. The predicted molar refractivity (Wildman–Crippen MR) is 134 cm³/mol. The van der Waals surface area contributed by atoms with Crippen molar-refractivity contribution in [2.75, 3.05) is 32.3 Å². The van der Waals surface area contributed by atoms with Gasteiger partial charge in [0.25, 0.3) is 0 Å². The summed E-state index contributed by atoms with van der Waals surface area (Å²) in [6.45, 7) is 3.93. The molecule has 0 fully saturated rings. The highest BCUT2D eigenvalue weighted by atomic mass is 16.5. The fourth-order valence-corrected chi connectivity index (χ4v) is 5.17. The summed E-state index contributed by atoms with van der Waals surface area (Å²) in [6.07, 6.45) is 5.10. The minimum absolute atomic E-state index is 0.363. The van der Waals surface area contributed by atoms with Crippen LogP contribution in [-0.2, 0) is 27.9 Å². The summed E-state index contributed by atoms with van der Waals surface area (Å²) in [4.78, 5) is 14.0. The van der Waals surface area contributed by atoms with Gasteiger partial charge in [0.05, 0.1) is 26.4 Å². The number of anilines is 1. The van der Waals surface area contributed by atoms with E-state index in [1.54, 1.807) is 13.2 Å². The van der Waals surface area contributed by atoms with E-state index in [0.717, 1.165) is 43.1 Å². The third-order valence-corrected chi connectivity index (χ3v) is 7.05. The van der Waals surface area contributed by atoms with Crippen LogP contribution in [0.3, 0.4) is 0 Å². The first kappa shape index (κ1) is 22.1. The summed E-state index contributed by atoms with van der Waals surface area (Å²) in [5, 5.41) is 0. The molecule has 0 aromatic heterocycles. The van der Waals surface area contributed by atoms with E-state index in [0.29, 0.717) is 0 Å². The Morgan fingerprint density at radius 1 is 1.00 bits per heavy atom. The lowest BCUT2D eigenvalue weighted by Gasteiger charge is -2.48. The van der Waals surface area contributed by atoms with Crippen LogP contribution in [0.4, 0.5) is 5.69 Å². The highest BCUT2D eigenvalue weighted by Gasteiger charge is 2.40. The molecule has 0 radical (unpaired) electrons. The number of benzene rings is 3. The average molecular weight is 456 g/mol. The molecule has 5 heteroatoms. The summed E-state index contributed by atoms with van der Waals surface area (Å²) in [7, 11) is 3.09. The van der Waals surface area contributed by atoms with Gasteiger partial charge in [-0.2, -0.15) is 0 Å². The van der Waals surface area contributed by atoms with Gasteiger partial charge >= 0.3 is 5.97 Å². The van der Waals surface area contributed by atoms with E-state index in [4.69, 9.17) is 14.2 Å². The molecule has 0 spiro atoms. The molecule has 2 heterocycles. The van der Waals surface area contributed by atoms with Crippen LogP contribution in [0.5, 0.6) is 11.5 Å². The highest BCUT2D eigenvalue weighted by Crippen LogP contribution is 2.45. The summed E-state index contributed by atoms with van der Waals surface area (Å²) < 4.78 is 16.0. The fraction of sp³-hybridized carbons (Fsp3) is 0.276. The Balaban J connectivity index is 1.60. The first-order valence-corrected chi connectivity index (χ1v) is 11.6. The summed E-state index contributed by atoms with van der Waals surface area (Å²) in [5.41, 5.74) is 6.80. The smallest absolute Gasteiger partial charge is 0.330 e. The maximum absolute atomic E-state index is 11.5. The van der Waals surface area contributed by atoms with E-state index in [1.807, 2.05) is 18.2 Å². The highest BCUT2D eigenvalue weighted by molar-refractivity contribution is 5.86. The zero-order valence-corrected chi connectivity index (χ0v) is 19.8. The fourth-order valence-electron chi connectivity index (χ4n) is 5.17. The van der Waals surface area contributed by atoms with Crippen molar-refractivity contribution in [2.45, 2.75) is 25.3 Å². The van der Waals surface area contributed by atoms with E-state index < -0.39 is 0 Å². The van der Waals surface area contributed by atoms with Crippen LogP contribution in [-0.4, -0.2) is 33.3 Å². The Morgan fingerprint density at radius 3 is 2.59 bits per heavy atom. The van der Waals surface area contributed by atoms with Crippen molar-refractivity contribution in [1.29, 1.82) is 0 Å². The van der Waals surface area contributed by atoms with Gasteiger partial charge in [0.15, 0.2) is 0 Å². The zero-order chi connectivity index (χ0) is 23.7. The molecule has 5 nitrogen and oxygen atoms in total. The molecule has 3 aromatic carbocycles. The third kappa shape index (κ3) is 3.81. The van der Waals surface area contributed by atoms with Gasteiger partial charge in [0.2, 0.25) is 0 Å². The molecular formula is C29H29NO4. The van der Waals surface area contributed by atoms with Gasteiger partial charge < -0.3 is 19.1 Å². The maximum Gasteiger partial charge on any atom is 0.330 e. The van der Waals surface area contributed by atoms with Gasteiger partial charge in [-0.15, -0.1) is 0 Å². The maximum atomic E-state index is 11.5. The van der Waals surface area contributed by atoms with Crippen molar-refractivity contribution in [1.82, 2.24) is 0 Å². The van der Waals surface area contributed by atoms with Crippen LogP contribution in [0.1, 0.15) is 34.7 Å². The Labute approximate surface area is 200 Å². The second-order valence-electron chi connectivity index (χ2n) is 8.87. The minimum Gasteiger partial charge on any atom is -0.497 e. The zero-order valence-electron chi connectivity index (χ0n) is 19.8. The molecule has 174 valence electrons. The topological polar surface area (TPSA) is 48.0 Å². The molecule has 2 aliphatic rings. The van der Waals surface area contributed by atoms with Crippen LogP contribution in [0.15, 0.2) is 66.7 Å². The molecule has 0 saturated carbocycles. The summed E-state index contributed by atoms with van der Waals surface area (Å²) in [5.74, 6) is 1.51. The number of rotatable bonds is 5. The number of hydrogen-bond acceptors (Lipinski definition) is 5. The van der Waals surface area contributed by atoms with Gasteiger partial charge in [-0.1, -0.05) is 30.3 Å². The molecule has 5 rings (SSSR count). The normalized spacial score (nSPS) is 18.9. The second-order valence-corrected chi connectivity index (χ2v) is 8.87. The number of esters is 1. The van der Waals surface area contributed by atoms with E-state index in [2.05, 4.69) is 54.3 Å². The molecule has 0 aliphatic carbocycles. The lowest BCUT2D eigenvalue weighted by atomic mass is 9.76. The first-order chi connectivity index (χ1) is 16.5. The molecule has 0 amide bonds. The van der Waals surface area contributed by atoms with E-state index in [9.17, 15) is 4.79 Å². The minimum atomic E-state index is -0.377. The van der Waals surface area contributed by atoms with Crippen molar-refractivity contribution in [2.24, 2.45) is 0 Å². The molecule has 1 unspecified atom stereocenters. The van der Waals surface area contributed by atoms with Gasteiger partial charge in [-0.05, 0) is 77.6 Å². The Bertz CT molecular complexity index is 1250.